The number of carbonyl (C=O) groups is 2. The zero-order chi connectivity index (χ0) is 36.6. The summed E-state index contributed by atoms with van der Waals surface area (Å²) in [6.45, 7) is 4.60. The second-order valence-corrected chi connectivity index (χ2v) is 11.4. The summed E-state index contributed by atoms with van der Waals surface area (Å²) in [4.78, 5) is 23.3. The van der Waals surface area contributed by atoms with Crippen molar-refractivity contribution in [2.45, 2.75) is 113 Å². The van der Waals surface area contributed by atoms with E-state index in [1.165, 1.54) is 5.43 Å². The number of alkyl halides is 17. The summed E-state index contributed by atoms with van der Waals surface area (Å²) in [6.07, 6.45) is -13.4. The van der Waals surface area contributed by atoms with Crippen LogP contribution in [0.15, 0.2) is 0 Å². The fourth-order valence-corrected chi connectivity index (χ4v) is 4.18. The summed E-state index contributed by atoms with van der Waals surface area (Å²) in [6, 6.07) is 0. The molecule has 0 unspecified atom stereocenters. The van der Waals surface area contributed by atoms with Gasteiger partial charge in [0, 0.05) is 6.42 Å². The Hall–Kier alpha value is -2.65. The number of ether oxygens (including phenoxy) is 2. The first-order valence-electron chi connectivity index (χ1n) is 12.8. The van der Waals surface area contributed by atoms with Gasteiger partial charge < -0.3 is 9.47 Å². The lowest BCUT2D eigenvalue weighted by Crippen LogP contribution is -2.74. The Morgan fingerprint density at radius 1 is 0.587 bits per heavy atom. The van der Waals surface area contributed by atoms with Crippen LogP contribution in [0.25, 0.3) is 0 Å². The first kappa shape index (κ1) is 41.4. The minimum atomic E-state index is -8.71. The molecule has 0 aromatic rings. The summed E-state index contributed by atoms with van der Waals surface area (Å²) in [5.41, 5.74) is 3.13. The highest BCUT2D eigenvalue weighted by atomic mass is 19.4. The Kier molecular flexibility index (Phi) is 11.8. The number of hydrogen-bond acceptors (Lipinski definition) is 4. The highest BCUT2D eigenvalue weighted by Crippen LogP contribution is 2.64. The van der Waals surface area contributed by atoms with Crippen molar-refractivity contribution in [3.63, 3.8) is 0 Å². The van der Waals surface area contributed by atoms with Crippen molar-refractivity contribution >= 4 is 12.2 Å². The summed E-state index contributed by atoms with van der Waals surface area (Å²) in [5.74, 6) is -56.6. The van der Waals surface area contributed by atoms with Gasteiger partial charge in [0.2, 0.25) is 0 Å². The second kappa shape index (κ2) is 13.1. The van der Waals surface area contributed by atoms with Crippen LogP contribution >= 0.6 is 0 Å². The number of rotatable bonds is 11. The fourth-order valence-electron chi connectivity index (χ4n) is 4.18. The summed E-state index contributed by atoms with van der Waals surface area (Å²) in [7, 11) is 0. The van der Waals surface area contributed by atoms with E-state index in [0.717, 1.165) is 0 Å². The van der Waals surface area contributed by atoms with Crippen LogP contribution in [0.2, 0.25) is 0 Å². The van der Waals surface area contributed by atoms with Crippen molar-refractivity contribution in [3.8, 4) is 0 Å². The Morgan fingerprint density at radius 2 is 0.978 bits per heavy atom. The number of nitrogens with one attached hydrogen (secondary N) is 2. The van der Waals surface area contributed by atoms with Gasteiger partial charge in [0.15, 0.2) is 0 Å². The molecule has 0 spiro atoms. The third-order valence-electron chi connectivity index (χ3n) is 7.09. The number of amides is 2. The van der Waals surface area contributed by atoms with E-state index < -0.39 is 85.4 Å². The van der Waals surface area contributed by atoms with Gasteiger partial charge in [0.05, 0.1) is 6.61 Å². The third kappa shape index (κ3) is 7.73. The molecule has 272 valence electrons. The molecule has 1 fully saturated rings. The van der Waals surface area contributed by atoms with Gasteiger partial charge in [-0.25, -0.2) is 20.4 Å². The number of hydrogen-bond donors (Lipinski definition) is 2. The van der Waals surface area contributed by atoms with E-state index in [9.17, 15) is 84.2 Å². The van der Waals surface area contributed by atoms with Gasteiger partial charge in [-0.1, -0.05) is 20.8 Å². The summed E-state index contributed by atoms with van der Waals surface area (Å²) in [5, 5.41) is 0. The van der Waals surface area contributed by atoms with E-state index >= 15 is 0 Å². The maximum Gasteiger partial charge on any atom is 0.460 e. The van der Waals surface area contributed by atoms with Crippen molar-refractivity contribution in [2.75, 3.05) is 6.61 Å². The normalized spacial score (nSPS) is 19.8. The van der Waals surface area contributed by atoms with Gasteiger partial charge in [-0.05, 0) is 43.4 Å². The van der Waals surface area contributed by atoms with Crippen LogP contribution < -0.4 is 10.9 Å². The largest absolute Gasteiger partial charge is 0.460 e. The lowest BCUT2D eigenvalue weighted by atomic mass is 9.72. The minimum Gasteiger partial charge on any atom is -0.448 e. The topological polar surface area (TPSA) is 76.7 Å². The molecule has 1 aliphatic rings. The smallest absolute Gasteiger partial charge is 0.448 e. The maximum absolute atomic E-state index is 13.9. The van der Waals surface area contributed by atoms with Crippen LogP contribution in [0.3, 0.4) is 0 Å². The molecular formula is C23H27F17N2O4. The van der Waals surface area contributed by atoms with Crippen LogP contribution in [-0.4, -0.2) is 72.5 Å². The molecule has 0 atom stereocenters. The van der Waals surface area contributed by atoms with Gasteiger partial charge >= 0.3 is 59.8 Å². The van der Waals surface area contributed by atoms with E-state index in [-0.39, 0.29) is 5.41 Å². The van der Waals surface area contributed by atoms with Crippen LogP contribution in [0, 0.1) is 11.3 Å². The van der Waals surface area contributed by atoms with E-state index in [1.54, 1.807) is 5.43 Å². The molecule has 2 amide bonds. The predicted molar refractivity (Wildman–Crippen MR) is 119 cm³/mol. The molecule has 0 aromatic carbocycles. The monoisotopic (exact) mass is 718 g/mol. The fraction of sp³-hybridized carbons (Fsp3) is 0.913. The molecule has 1 aliphatic carbocycles. The Morgan fingerprint density at radius 3 is 1.39 bits per heavy atom. The molecule has 0 saturated heterocycles. The molecule has 6 nitrogen and oxygen atoms in total. The van der Waals surface area contributed by atoms with E-state index in [4.69, 9.17) is 4.74 Å². The number of carbonyl (C=O) groups excluding carboxylic acids is 2. The van der Waals surface area contributed by atoms with Crippen molar-refractivity contribution < 1.29 is 93.7 Å². The Labute approximate surface area is 248 Å². The molecule has 0 aliphatic heterocycles. The number of hydrazine groups is 1. The van der Waals surface area contributed by atoms with Gasteiger partial charge in [-0.2, -0.15) is 74.6 Å². The molecule has 2 N–H and O–H groups in total. The molecule has 23 heteroatoms. The van der Waals surface area contributed by atoms with Crippen LogP contribution in [0.1, 0.15) is 59.3 Å². The van der Waals surface area contributed by atoms with Crippen molar-refractivity contribution in [2.24, 2.45) is 11.3 Å². The van der Waals surface area contributed by atoms with Crippen LogP contribution in [0.4, 0.5) is 84.2 Å². The average molecular weight is 718 g/mol. The van der Waals surface area contributed by atoms with Gasteiger partial charge in [0.1, 0.15) is 6.10 Å². The quantitative estimate of drug-likeness (QED) is 0.127. The molecule has 0 aromatic heterocycles. The molecule has 46 heavy (non-hydrogen) atoms. The molecule has 0 bridgehead atoms. The molecule has 0 heterocycles. The zero-order valence-electron chi connectivity index (χ0n) is 23.7. The Balaban J connectivity index is 2.79. The number of halogens is 17. The predicted octanol–water partition coefficient (Wildman–Crippen LogP) is 8.75. The highest BCUT2D eigenvalue weighted by molar-refractivity contribution is 5.73. The van der Waals surface area contributed by atoms with Crippen LogP contribution in [-0.2, 0) is 9.47 Å². The summed E-state index contributed by atoms with van der Waals surface area (Å²) >= 11 is 0. The SMILES string of the molecule is CC(C)(C)C1CCC(OC(=O)NNC(=O)OCCCC(F)(F)C(F)(F)C(F)(F)C(F)(F)C(F)(F)C(F)(F)C(F)(F)C(F)(F)F)CC1. The highest BCUT2D eigenvalue weighted by Gasteiger charge is 2.95. The van der Waals surface area contributed by atoms with Crippen molar-refractivity contribution in [1.29, 1.82) is 0 Å². The zero-order valence-corrected chi connectivity index (χ0v) is 23.7. The first-order valence-corrected chi connectivity index (χ1v) is 12.8. The molecule has 1 rings (SSSR count). The van der Waals surface area contributed by atoms with Gasteiger partial charge in [-0.3, -0.25) is 0 Å². The van der Waals surface area contributed by atoms with E-state index in [0.29, 0.717) is 31.6 Å². The minimum absolute atomic E-state index is 0.00310. The average Bonchev–Trinajstić information content (AvgIpc) is 2.88. The van der Waals surface area contributed by atoms with Gasteiger partial charge in [0.25, 0.3) is 0 Å². The van der Waals surface area contributed by atoms with E-state index in [1.807, 2.05) is 20.8 Å². The van der Waals surface area contributed by atoms with Crippen molar-refractivity contribution in [3.05, 3.63) is 0 Å². The van der Waals surface area contributed by atoms with Crippen LogP contribution in [0.5, 0.6) is 0 Å². The lowest BCUT2D eigenvalue weighted by molar-refractivity contribution is -0.461. The lowest BCUT2D eigenvalue weighted by Gasteiger charge is -2.42. The maximum atomic E-state index is 13.9. The van der Waals surface area contributed by atoms with Gasteiger partial charge in [-0.15, -0.1) is 0 Å². The van der Waals surface area contributed by atoms with Crippen molar-refractivity contribution in [1.82, 2.24) is 10.9 Å². The standard InChI is InChI=1S/C23H27F17N2O4/c1-15(2,3)11-5-7-12(8-6-11)46-14(44)42-41-13(43)45-10-4-9-16(24,25)17(26,27)18(28,29)19(30,31)20(32,33)21(34,35)22(36,37)23(38,39)40/h11-12H,4-10H2,1-3H3,(H,41,43)(H,42,44). The summed E-state index contributed by atoms with van der Waals surface area (Å²) < 4.78 is 235. The molecule has 0 radical (unpaired) electrons. The Bertz CT molecular complexity index is 1070. The molecular weight excluding hydrogens is 691 g/mol. The van der Waals surface area contributed by atoms with E-state index in [2.05, 4.69) is 4.74 Å². The third-order valence-corrected chi connectivity index (χ3v) is 7.09. The first-order chi connectivity index (χ1) is 20.2. The second-order valence-electron chi connectivity index (χ2n) is 11.4. The molecule has 1 saturated carbocycles.